The van der Waals surface area contributed by atoms with Crippen molar-refractivity contribution in [1.29, 1.82) is 0 Å². The van der Waals surface area contributed by atoms with Crippen LogP contribution in [0.15, 0.2) is 48.5 Å². The van der Waals surface area contributed by atoms with Gasteiger partial charge in [-0.2, -0.15) is 5.10 Å². The number of anilines is 1. The molecule has 0 spiro atoms. The minimum absolute atomic E-state index is 0.00613. The molecule has 130 valence electrons. The van der Waals surface area contributed by atoms with Gasteiger partial charge >= 0.3 is 0 Å². The summed E-state index contributed by atoms with van der Waals surface area (Å²) in [6.07, 6.45) is 0. The molecular weight excluding hydrogens is 336 g/mol. The lowest BCUT2D eigenvalue weighted by atomic mass is 10.1. The molecule has 0 saturated carbocycles. The number of carbonyl (C=O) groups is 1. The van der Waals surface area contributed by atoms with Crippen molar-refractivity contribution in [3.8, 4) is 22.7 Å². The number of benzene rings is 2. The number of rotatable bonds is 3. The maximum absolute atomic E-state index is 11.5. The van der Waals surface area contributed by atoms with Crippen molar-refractivity contribution in [1.82, 2.24) is 9.78 Å². The smallest absolute Gasteiger partial charge is 0.269 e. The molecule has 26 heavy (non-hydrogen) atoms. The first-order valence-corrected chi connectivity index (χ1v) is 7.90. The number of hydrogen-bond donors (Lipinski definition) is 1. The molecule has 1 aliphatic heterocycles. The van der Waals surface area contributed by atoms with Gasteiger partial charge in [-0.05, 0) is 43.3 Å². The van der Waals surface area contributed by atoms with E-state index < -0.39 is 4.92 Å². The molecule has 0 atom stereocenters. The van der Waals surface area contributed by atoms with Gasteiger partial charge in [0.25, 0.3) is 11.6 Å². The van der Waals surface area contributed by atoms with Crippen molar-refractivity contribution in [3.63, 3.8) is 0 Å². The number of nitro groups is 1. The largest absolute Gasteiger partial charge is 0.482 e. The van der Waals surface area contributed by atoms with E-state index >= 15 is 0 Å². The van der Waals surface area contributed by atoms with Crippen LogP contribution < -0.4 is 10.1 Å². The van der Waals surface area contributed by atoms with E-state index in [1.165, 1.54) is 12.1 Å². The number of aryl methyl sites for hydroxylation is 1. The molecule has 0 unspecified atom stereocenters. The van der Waals surface area contributed by atoms with Crippen LogP contribution in [0.3, 0.4) is 0 Å². The van der Waals surface area contributed by atoms with Gasteiger partial charge in [-0.1, -0.05) is 0 Å². The maximum atomic E-state index is 11.5. The minimum Gasteiger partial charge on any atom is -0.482 e. The van der Waals surface area contributed by atoms with Crippen molar-refractivity contribution >= 4 is 17.3 Å². The molecule has 8 heteroatoms. The van der Waals surface area contributed by atoms with Crippen molar-refractivity contribution < 1.29 is 14.5 Å². The Morgan fingerprint density at radius 3 is 2.69 bits per heavy atom. The molecule has 2 heterocycles. The SMILES string of the molecule is Cc1cc(-c2ccc3c(c2)NC(=O)CO3)n(-c2ccc([N+](=O)[O-])cc2)n1. The molecule has 1 N–H and O–H groups in total. The Morgan fingerprint density at radius 1 is 1.19 bits per heavy atom. The van der Waals surface area contributed by atoms with E-state index in [0.29, 0.717) is 17.1 Å². The summed E-state index contributed by atoms with van der Waals surface area (Å²) in [5.41, 5.74) is 3.78. The van der Waals surface area contributed by atoms with Crippen LogP contribution in [0.25, 0.3) is 16.9 Å². The second-order valence-corrected chi connectivity index (χ2v) is 5.90. The highest BCUT2D eigenvalue weighted by atomic mass is 16.6. The first kappa shape index (κ1) is 15.8. The number of amides is 1. The number of nitrogens with one attached hydrogen (secondary N) is 1. The van der Waals surface area contributed by atoms with Crippen LogP contribution in [0.2, 0.25) is 0 Å². The van der Waals surface area contributed by atoms with Crippen LogP contribution in [0.4, 0.5) is 11.4 Å². The summed E-state index contributed by atoms with van der Waals surface area (Å²) in [6.45, 7) is 1.88. The molecule has 1 aliphatic rings. The number of carbonyl (C=O) groups excluding carboxylic acids is 1. The van der Waals surface area contributed by atoms with E-state index in [0.717, 1.165) is 17.0 Å². The van der Waals surface area contributed by atoms with Gasteiger partial charge in [0.2, 0.25) is 0 Å². The first-order valence-electron chi connectivity index (χ1n) is 7.90. The molecule has 8 nitrogen and oxygen atoms in total. The summed E-state index contributed by atoms with van der Waals surface area (Å²) in [5.74, 6) is 0.418. The zero-order valence-corrected chi connectivity index (χ0v) is 13.8. The average molecular weight is 350 g/mol. The summed E-state index contributed by atoms with van der Waals surface area (Å²) in [7, 11) is 0. The zero-order chi connectivity index (χ0) is 18.3. The summed E-state index contributed by atoms with van der Waals surface area (Å²) in [5, 5.41) is 18.1. The molecule has 0 fully saturated rings. The average Bonchev–Trinajstić information content (AvgIpc) is 3.03. The van der Waals surface area contributed by atoms with Crippen molar-refractivity contribution in [2.45, 2.75) is 6.92 Å². The lowest BCUT2D eigenvalue weighted by Crippen LogP contribution is -2.25. The van der Waals surface area contributed by atoms with Crippen LogP contribution in [0.5, 0.6) is 5.75 Å². The molecule has 0 bridgehead atoms. The van der Waals surface area contributed by atoms with E-state index in [1.807, 2.05) is 25.1 Å². The second-order valence-electron chi connectivity index (χ2n) is 5.90. The lowest BCUT2D eigenvalue weighted by Gasteiger charge is -2.18. The first-order chi connectivity index (χ1) is 12.5. The molecule has 4 rings (SSSR count). The molecule has 1 amide bonds. The summed E-state index contributed by atoms with van der Waals surface area (Å²) in [4.78, 5) is 21.9. The van der Waals surface area contributed by atoms with Crippen molar-refractivity contribution in [2.75, 3.05) is 11.9 Å². The van der Waals surface area contributed by atoms with Gasteiger partial charge in [0.1, 0.15) is 5.75 Å². The number of fused-ring (bicyclic) bond motifs is 1. The normalized spacial score (nSPS) is 12.9. The van der Waals surface area contributed by atoms with Gasteiger partial charge in [0.15, 0.2) is 6.61 Å². The molecule has 0 saturated heterocycles. The fourth-order valence-corrected chi connectivity index (χ4v) is 2.86. The zero-order valence-electron chi connectivity index (χ0n) is 13.8. The summed E-state index contributed by atoms with van der Waals surface area (Å²) < 4.78 is 7.10. The third kappa shape index (κ3) is 2.77. The van der Waals surface area contributed by atoms with E-state index in [-0.39, 0.29) is 18.2 Å². The van der Waals surface area contributed by atoms with Gasteiger partial charge in [-0.15, -0.1) is 0 Å². The summed E-state index contributed by atoms with van der Waals surface area (Å²) >= 11 is 0. The van der Waals surface area contributed by atoms with Gasteiger partial charge in [0, 0.05) is 17.7 Å². The second kappa shape index (κ2) is 5.99. The van der Waals surface area contributed by atoms with Crippen molar-refractivity contribution in [2.24, 2.45) is 0 Å². The standard InChI is InChI=1S/C18H14N4O4/c1-11-8-16(12-2-7-17-15(9-12)19-18(23)10-26-17)21(20-11)13-3-5-14(6-4-13)22(24)25/h2-9H,10H2,1H3,(H,19,23). The Kier molecular flexibility index (Phi) is 3.65. The maximum Gasteiger partial charge on any atom is 0.269 e. The molecular formula is C18H14N4O4. The summed E-state index contributed by atoms with van der Waals surface area (Å²) in [6, 6.07) is 13.6. The minimum atomic E-state index is -0.439. The number of hydrogen-bond acceptors (Lipinski definition) is 5. The third-order valence-electron chi connectivity index (χ3n) is 4.04. The number of non-ortho nitro benzene ring substituents is 1. The highest BCUT2D eigenvalue weighted by molar-refractivity contribution is 5.96. The van der Waals surface area contributed by atoms with Gasteiger partial charge < -0.3 is 10.1 Å². The Balaban J connectivity index is 1.78. The van der Waals surface area contributed by atoms with Gasteiger partial charge in [-0.25, -0.2) is 4.68 Å². The number of nitro benzene ring substituents is 1. The molecule has 0 aliphatic carbocycles. The van der Waals surface area contributed by atoms with Crippen LogP contribution in [0.1, 0.15) is 5.69 Å². The Hall–Kier alpha value is -3.68. The van der Waals surface area contributed by atoms with E-state index in [9.17, 15) is 14.9 Å². The van der Waals surface area contributed by atoms with Crippen molar-refractivity contribution in [3.05, 3.63) is 64.3 Å². The monoisotopic (exact) mass is 350 g/mol. The quantitative estimate of drug-likeness (QED) is 0.578. The molecule has 1 aromatic heterocycles. The number of ether oxygens (including phenoxy) is 1. The third-order valence-corrected chi connectivity index (χ3v) is 4.04. The Morgan fingerprint density at radius 2 is 1.96 bits per heavy atom. The van der Waals surface area contributed by atoms with Crippen LogP contribution >= 0.6 is 0 Å². The molecule has 0 radical (unpaired) electrons. The Labute approximate surface area is 148 Å². The topological polar surface area (TPSA) is 99.3 Å². The predicted molar refractivity (Wildman–Crippen MR) is 94.5 cm³/mol. The van der Waals surface area contributed by atoms with Gasteiger partial charge in [-0.3, -0.25) is 14.9 Å². The number of aromatic nitrogens is 2. The van der Waals surface area contributed by atoms with Crippen LogP contribution in [-0.4, -0.2) is 27.2 Å². The highest BCUT2D eigenvalue weighted by Crippen LogP contribution is 2.33. The predicted octanol–water partition coefficient (Wildman–Crippen LogP) is 3.09. The van der Waals surface area contributed by atoms with Crippen LogP contribution in [0, 0.1) is 17.0 Å². The van der Waals surface area contributed by atoms with E-state index in [1.54, 1.807) is 22.9 Å². The molecule has 2 aromatic carbocycles. The molecule has 3 aromatic rings. The van der Waals surface area contributed by atoms with Gasteiger partial charge in [0.05, 0.1) is 27.7 Å². The van der Waals surface area contributed by atoms with E-state index in [2.05, 4.69) is 10.4 Å². The Bertz CT molecular complexity index is 1020. The highest BCUT2D eigenvalue weighted by Gasteiger charge is 2.18. The van der Waals surface area contributed by atoms with E-state index in [4.69, 9.17) is 4.74 Å². The van der Waals surface area contributed by atoms with Crippen LogP contribution in [-0.2, 0) is 4.79 Å². The lowest BCUT2D eigenvalue weighted by molar-refractivity contribution is -0.384. The fraction of sp³-hybridized carbons (Fsp3) is 0.111. The fourth-order valence-electron chi connectivity index (χ4n) is 2.86. The number of nitrogens with zero attached hydrogens (tertiary/aromatic N) is 3.